The normalized spacial score (nSPS) is 11.0. The SMILES string of the molecule is Cn1c(C=Nc2ccc(OON)cc2)ccc1C=Nc1ccc([N+](=O)[O-])cc1.[Cl][Fe][Cl]. The summed E-state index contributed by atoms with van der Waals surface area (Å²) in [6.07, 6.45) is 3.43. The van der Waals surface area contributed by atoms with Gasteiger partial charge in [0.1, 0.15) is 0 Å². The first-order valence-electron chi connectivity index (χ1n) is 8.45. The van der Waals surface area contributed by atoms with Crippen molar-refractivity contribution < 1.29 is 27.9 Å². The zero-order valence-corrected chi connectivity index (χ0v) is 18.7. The maximum atomic E-state index is 10.7. The van der Waals surface area contributed by atoms with Crippen LogP contribution in [0.5, 0.6) is 5.75 Å². The Kier molecular flexibility index (Phi) is 10.2. The maximum absolute atomic E-state index is 10.7. The number of nitro groups is 1. The molecule has 0 radical (unpaired) electrons. The quantitative estimate of drug-likeness (QED) is 0.159. The van der Waals surface area contributed by atoms with Crippen LogP contribution in [0.1, 0.15) is 11.4 Å². The summed E-state index contributed by atoms with van der Waals surface area (Å²) in [7, 11) is 11.4. The van der Waals surface area contributed by atoms with E-state index in [1.807, 2.05) is 23.7 Å². The number of nitrogens with zero attached hydrogens (tertiary/aromatic N) is 4. The molecule has 0 unspecified atom stereocenters. The Morgan fingerprint density at radius 3 is 1.84 bits per heavy atom. The van der Waals surface area contributed by atoms with Crippen molar-refractivity contribution >= 4 is 49.7 Å². The van der Waals surface area contributed by atoms with E-state index in [1.165, 1.54) is 12.1 Å². The minimum absolute atomic E-state index is 0.0338. The molecule has 9 nitrogen and oxygen atoms in total. The Morgan fingerprint density at radius 2 is 1.42 bits per heavy atom. The van der Waals surface area contributed by atoms with Crippen LogP contribution >= 0.6 is 20.2 Å². The van der Waals surface area contributed by atoms with Gasteiger partial charge in [-0.3, -0.25) is 20.1 Å². The number of benzene rings is 2. The number of aliphatic imine (C=N–C) groups is 2. The Labute approximate surface area is 192 Å². The van der Waals surface area contributed by atoms with E-state index in [2.05, 4.69) is 15.0 Å². The molecule has 2 aromatic carbocycles. The monoisotopic (exact) mass is 505 g/mol. The van der Waals surface area contributed by atoms with Crippen LogP contribution < -0.4 is 10.8 Å². The van der Waals surface area contributed by atoms with Crippen LogP contribution in [-0.2, 0) is 25.2 Å². The van der Waals surface area contributed by atoms with Crippen molar-refractivity contribution in [2.24, 2.45) is 22.9 Å². The van der Waals surface area contributed by atoms with Gasteiger partial charge in [-0.2, -0.15) is 5.90 Å². The number of non-ortho nitro benzene ring substituents is 1. The molecule has 0 aliphatic carbocycles. The average molecular weight is 506 g/mol. The molecule has 1 heterocycles. The Hall–Kier alpha value is -2.72. The number of rotatable bonds is 7. The molecule has 3 rings (SSSR count). The van der Waals surface area contributed by atoms with E-state index in [0.29, 0.717) is 11.4 Å². The van der Waals surface area contributed by atoms with E-state index in [4.69, 9.17) is 31.0 Å². The molecule has 0 fully saturated rings. The fraction of sp³-hybridized carbons (Fsp3) is 0.0526. The molecule has 0 saturated carbocycles. The van der Waals surface area contributed by atoms with Gasteiger partial charge in [0.05, 0.1) is 40.1 Å². The first-order chi connectivity index (χ1) is 15.0. The molecular weight excluding hydrogens is 489 g/mol. The molecule has 0 aliphatic heterocycles. The van der Waals surface area contributed by atoms with E-state index in [1.54, 1.807) is 48.8 Å². The van der Waals surface area contributed by atoms with Crippen molar-refractivity contribution in [1.82, 2.24) is 4.57 Å². The molecule has 0 bridgehead atoms. The van der Waals surface area contributed by atoms with E-state index >= 15 is 0 Å². The molecule has 2 N–H and O–H groups in total. The van der Waals surface area contributed by atoms with Gasteiger partial charge < -0.3 is 9.45 Å². The van der Waals surface area contributed by atoms with Crippen LogP contribution in [-0.4, -0.2) is 21.9 Å². The summed E-state index contributed by atoms with van der Waals surface area (Å²) < 4.78 is 1.93. The third-order valence-corrected chi connectivity index (χ3v) is 3.93. The van der Waals surface area contributed by atoms with Crippen LogP contribution in [0.25, 0.3) is 0 Å². The third-order valence-electron chi connectivity index (χ3n) is 3.93. The Balaban J connectivity index is 0.00000107. The second-order valence-corrected chi connectivity index (χ2v) is 7.58. The van der Waals surface area contributed by atoms with Crippen LogP contribution in [0.15, 0.2) is 70.6 Å². The molecule has 0 amide bonds. The number of nitrogens with two attached hydrogens (primary N) is 1. The summed E-state index contributed by atoms with van der Waals surface area (Å²) in [5.41, 5.74) is 3.16. The van der Waals surface area contributed by atoms with Gasteiger partial charge in [-0.25, -0.2) is 0 Å². The van der Waals surface area contributed by atoms with Crippen molar-refractivity contribution in [2.45, 2.75) is 0 Å². The molecule has 1 aromatic heterocycles. The van der Waals surface area contributed by atoms with Gasteiger partial charge in [0, 0.05) is 19.2 Å². The summed E-state index contributed by atoms with van der Waals surface area (Å²) in [5, 5.41) is 10.7. The van der Waals surface area contributed by atoms with Gasteiger partial charge in [0.25, 0.3) is 5.69 Å². The van der Waals surface area contributed by atoms with Crippen LogP contribution in [0.3, 0.4) is 0 Å². The second-order valence-electron chi connectivity index (χ2n) is 5.76. The second kappa shape index (κ2) is 12.9. The van der Waals surface area contributed by atoms with Gasteiger partial charge in [-0.15, -0.1) is 0 Å². The predicted octanol–water partition coefficient (Wildman–Crippen LogP) is 5.00. The van der Waals surface area contributed by atoms with Gasteiger partial charge in [0.2, 0.25) is 0 Å². The topological polar surface area (TPSA) is 117 Å². The van der Waals surface area contributed by atoms with Crippen molar-refractivity contribution in [3.8, 4) is 5.75 Å². The van der Waals surface area contributed by atoms with Gasteiger partial charge in [-0.1, -0.05) is 4.99 Å². The van der Waals surface area contributed by atoms with E-state index in [9.17, 15) is 10.1 Å². The summed E-state index contributed by atoms with van der Waals surface area (Å²) in [5.74, 6) is 5.32. The van der Waals surface area contributed by atoms with Gasteiger partial charge in [0.15, 0.2) is 5.75 Å². The van der Waals surface area contributed by atoms with E-state index in [-0.39, 0.29) is 18.8 Å². The Morgan fingerprint density at radius 1 is 0.968 bits per heavy atom. The zero-order chi connectivity index (χ0) is 22.6. The minimum atomic E-state index is -0.442. The number of hydrogen-bond acceptors (Lipinski definition) is 7. The van der Waals surface area contributed by atoms with Gasteiger partial charge >= 0.3 is 33.3 Å². The van der Waals surface area contributed by atoms with Crippen molar-refractivity contribution in [3.05, 3.63) is 82.2 Å². The number of nitro benzene ring substituents is 1. The summed E-state index contributed by atoms with van der Waals surface area (Å²) in [6, 6.07) is 16.8. The van der Waals surface area contributed by atoms with Crippen LogP contribution in [0.2, 0.25) is 0 Å². The van der Waals surface area contributed by atoms with E-state index < -0.39 is 4.92 Å². The number of halogens is 2. The molecule has 164 valence electrons. The van der Waals surface area contributed by atoms with Crippen molar-refractivity contribution in [1.29, 1.82) is 0 Å². The fourth-order valence-corrected chi connectivity index (χ4v) is 2.39. The zero-order valence-electron chi connectivity index (χ0n) is 16.0. The Bertz CT molecular complexity index is 1040. The molecule has 0 aliphatic rings. The first kappa shape index (κ1) is 24.5. The molecule has 31 heavy (non-hydrogen) atoms. The van der Waals surface area contributed by atoms with Crippen molar-refractivity contribution in [2.75, 3.05) is 0 Å². The van der Waals surface area contributed by atoms with Gasteiger partial charge in [-0.05, 0) is 48.5 Å². The molecular formula is C19H17Cl2FeN5O4. The summed E-state index contributed by atoms with van der Waals surface area (Å²) in [6.45, 7) is 0. The number of hydrogen-bond donors (Lipinski definition) is 1. The molecule has 0 saturated heterocycles. The van der Waals surface area contributed by atoms with Crippen molar-refractivity contribution in [3.63, 3.8) is 0 Å². The van der Waals surface area contributed by atoms with Crippen LogP contribution in [0.4, 0.5) is 17.1 Å². The predicted molar refractivity (Wildman–Crippen MR) is 117 cm³/mol. The molecule has 12 heteroatoms. The average Bonchev–Trinajstić information content (AvgIpc) is 3.12. The third kappa shape index (κ3) is 7.80. The number of aromatic nitrogens is 1. The molecule has 3 aromatic rings. The summed E-state index contributed by atoms with van der Waals surface area (Å²) >= 11 is 0.194. The van der Waals surface area contributed by atoms with Crippen LogP contribution in [0, 0.1) is 10.1 Å². The summed E-state index contributed by atoms with van der Waals surface area (Å²) in [4.78, 5) is 27.8. The first-order valence-corrected chi connectivity index (χ1v) is 11.5. The molecule has 0 spiro atoms. The van der Waals surface area contributed by atoms with E-state index in [0.717, 1.165) is 17.1 Å². The fourth-order valence-electron chi connectivity index (χ4n) is 2.39. The standard InChI is InChI=1S/C19H17N5O4.2ClH.Fe/c1-23-17(12-21-14-2-6-16(7-3-14)24(25)26)8-9-18(23)13-22-15-4-10-19(11-5-15)27-28-20;;;/h2-13H,20H2,1H3;2*1H;/q;;;+2/p-2. The molecule has 0 atom stereocenters.